The summed E-state index contributed by atoms with van der Waals surface area (Å²) in [5.41, 5.74) is 2.13. The molecule has 0 bridgehead atoms. The molecule has 0 radical (unpaired) electrons. The Bertz CT molecular complexity index is 761. The largest absolute Gasteiger partial charge is 0.459 e. The van der Waals surface area contributed by atoms with Gasteiger partial charge in [0.25, 0.3) is 0 Å². The number of hydrogen-bond donors (Lipinski definition) is 2. The number of aryl methyl sites for hydroxylation is 1. The van der Waals surface area contributed by atoms with Crippen LogP contribution in [-0.4, -0.2) is 69.1 Å². The first kappa shape index (κ1) is 19.7. The summed E-state index contributed by atoms with van der Waals surface area (Å²) in [6.45, 7) is 11.7. The zero-order valence-electron chi connectivity index (χ0n) is 17.1. The predicted octanol–water partition coefficient (Wildman–Crippen LogP) is 2.29. The summed E-state index contributed by atoms with van der Waals surface area (Å²) in [6.07, 6.45) is 0. The Morgan fingerprint density at radius 3 is 2.63 bits per heavy atom. The molecule has 0 aliphatic carbocycles. The monoisotopic (exact) mass is 371 g/mol. The molecule has 1 saturated heterocycles. The second-order valence-electron chi connectivity index (χ2n) is 7.66. The summed E-state index contributed by atoms with van der Waals surface area (Å²) in [6, 6.07) is 8.17. The van der Waals surface area contributed by atoms with Crippen molar-refractivity contribution in [2.45, 2.75) is 20.4 Å². The highest BCUT2D eigenvalue weighted by Gasteiger charge is 2.16. The third-order valence-electron chi connectivity index (χ3n) is 5.37. The molecule has 148 valence electrons. The maximum Gasteiger partial charge on any atom is 0.191 e. The van der Waals surface area contributed by atoms with E-state index >= 15 is 0 Å². The van der Waals surface area contributed by atoms with E-state index in [-0.39, 0.29) is 0 Å². The minimum Gasteiger partial charge on any atom is -0.459 e. The summed E-state index contributed by atoms with van der Waals surface area (Å²) in [5, 5.41) is 8.01. The van der Waals surface area contributed by atoms with Gasteiger partial charge in [-0.15, -0.1) is 0 Å². The van der Waals surface area contributed by atoms with Crippen LogP contribution in [0, 0.1) is 12.8 Å². The van der Waals surface area contributed by atoms with Gasteiger partial charge in [0.05, 0.1) is 6.54 Å². The third kappa shape index (κ3) is 5.23. The van der Waals surface area contributed by atoms with Gasteiger partial charge in [-0.3, -0.25) is 4.99 Å². The second kappa shape index (κ2) is 9.24. The Morgan fingerprint density at radius 1 is 1.19 bits per heavy atom. The van der Waals surface area contributed by atoms with E-state index in [1.165, 1.54) is 37.1 Å². The standard InChI is InChI=1S/C21H33N5O/c1-16(15-26-11-9-25(4)10-12-26)13-23-21(22-3)24-14-20-17(2)18-7-5-6-8-19(18)27-20/h5-8,16H,9-15H2,1-4H3,(H2,22,23,24). The highest BCUT2D eigenvalue weighted by molar-refractivity contribution is 5.82. The van der Waals surface area contributed by atoms with Crippen molar-refractivity contribution in [3.05, 3.63) is 35.6 Å². The number of aliphatic imine (C=N–C) groups is 1. The van der Waals surface area contributed by atoms with Gasteiger partial charge in [-0.1, -0.05) is 25.1 Å². The van der Waals surface area contributed by atoms with Crippen molar-refractivity contribution in [3.8, 4) is 0 Å². The maximum absolute atomic E-state index is 5.97. The van der Waals surface area contributed by atoms with Crippen LogP contribution in [0.15, 0.2) is 33.7 Å². The van der Waals surface area contributed by atoms with Crippen LogP contribution in [-0.2, 0) is 6.54 Å². The molecule has 2 aromatic rings. The number of likely N-dealkylation sites (N-methyl/N-ethyl adjacent to an activating group) is 1. The van der Waals surface area contributed by atoms with E-state index < -0.39 is 0 Å². The lowest BCUT2D eigenvalue weighted by molar-refractivity contribution is 0.139. The van der Waals surface area contributed by atoms with Crippen molar-refractivity contribution in [1.29, 1.82) is 0 Å². The quantitative estimate of drug-likeness (QED) is 0.603. The number of rotatable bonds is 6. The van der Waals surface area contributed by atoms with Crippen LogP contribution in [0.5, 0.6) is 0 Å². The van der Waals surface area contributed by atoms with Gasteiger partial charge < -0.3 is 24.9 Å². The Morgan fingerprint density at radius 2 is 1.93 bits per heavy atom. The molecule has 1 unspecified atom stereocenters. The molecule has 27 heavy (non-hydrogen) atoms. The molecule has 6 nitrogen and oxygen atoms in total. The molecular formula is C21H33N5O. The fourth-order valence-corrected chi connectivity index (χ4v) is 3.58. The summed E-state index contributed by atoms with van der Waals surface area (Å²) >= 11 is 0. The molecule has 1 aliphatic heterocycles. The molecule has 2 N–H and O–H groups in total. The SMILES string of the molecule is CN=C(NCc1oc2ccccc2c1C)NCC(C)CN1CCN(C)CC1. The number of nitrogens with one attached hydrogen (secondary N) is 2. The Balaban J connectivity index is 1.45. The van der Waals surface area contributed by atoms with E-state index in [0.29, 0.717) is 12.5 Å². The first-order chi connectivity index (χ1) is 13.1. The van der Waals surface area contributed by atoms with Gasteiger partial charge >= 0.3 is 0 Å². The van der Waals surface area contributed by atoms with E-state index in [2.05, 4.69) is 52.4 Å². The maximum atomic E-state index is 5.97. The van der Waals surface area contributed by atoms with E-state index in [4.69, 9.17) is 4.42 Å². The molecule has 0 saturated carbocycles. The summed E-state index contributed by atoms with van der Waals surface area (Å²) in [7, 11) is 4.01. The van der Waals surface area contributed by atoms with Gasteiger partial charge in [0.15, 0.2) is 5.96 Å². The highest BCUT2D eigenvalue weighted by Crippen LogP contribution is 2.24. The first-order valence-electron chi connectivity index (χ1n) is 9.89. The Hall–Kier alpha value is -2.05. The molecule has 1 aliphatic rings. The second-order valence-corrected chi connectivity index (χ2v) is 7.66. The number of guanidine groups is 1. The van der Waals surface area contributed by atoms with Crippen molar-refractivity contribution >= 4 is 16.9 Å². The van der Waals surface area contributed by atoms with E-state index in [1.807, 2.05) is 25.2 Å². The van der Waals surface area contributed by atoms with Crippen LogP contribution < -0.4 is 10.6 Å². The van der Waals surface area contributed by atoms with Crippen molar-refractivity contribution in [2.24, 2.45) is 10.9 Å². The number of para-hydroxylation sites is 1. The number of hydrogen-bond acceptors (Lipinski definition) is 4. The number of nitrogens with zero attached hydrogens (tertiary/aromatic N) is 3. The molecular weight excluding hydrogens is 338 g/mol. The van der Waals surface area contributed by atoms with Gasteiger partial charge in [0.1, 0.15) is 11.3 Å². The molecule has 1 fully saturated rings. The topological polar surface area (TPSA) is 56.0 Å². The van der Waals surface area contributed by atoms with E-state index in [0.717, 1.165) is 30.4 Å². The molecule has 1 atom stereocenters. The normalized spacial score (nSPS) is 18.0. The summed E-state index contributed by atoms with van der Waals surface area (Å²) in [4.78, 5) is 9.30. The van der Waals surface area contributed by atoms with Gasteiger partial charge in [-0.25, -0.2) is 0 Å². The molecule has 0 amide bonds. The smallest absolute Gasteiger partial charge is 0.191 e. The molecule has 6 heteroatoms. The van der Waals surface area contributed by atoms with Crippen LogP contribution in [0.3, 0.4) is 0 Å². The van der Waals surface area contributed by atoms with Crippen molar-refractivity contribution in [2.75, 3.05) is 53.4 Å². The molecule has 1 aromatic heterocycles. The zero-order valence-corrected chi connectivity index (χ0v) is 17.1. The van der Waals surface area contributed by atoms with Gasteiger partial charge in [-0.2, -0.15) is 0 Å². The third-order valence-corrected chi connectivity index (χ3v) is 5.37. The zero-order chi connectivity index (χ0) is 19.2. The minimum absolute atomic E-state index is 0.569. The van der Waals surface area contributed by atoms with Crippen LogP contribution >= 0.6 is 0 Å². The summed E-state index contributed by atoms with van der Waals surface area (Å²) in [5.74, 6) is 2.35. The van der Waals surface area contributed by atoms with Gasteiger partial charge in [0, 0.05) is 57.3 Å². The van der Waals surface area contributed by atoms with E-state index in [9.17, 15) is 0 Å². The minimum atomic E-state index is 0.569. The van der Waals surface area contributed by atoms with Gasteiger partial charge in [0.2, 0.25) is 0 Å². The lowest BCUT2D eigenvalue weighted by atomic mass is 10.1. The number of furan rings is 1. The molecule has 1 aromatic carbocycles. The number of benzene rings is 1. The average molecular weight is 372 g/mol. The van der Waals surface area contributed by atoms with Crippen LogP contribution in [0.4, 0.5) is 0 Å². The van der Waals surface area contributed by atoms with Crippen molar-refractivity contribution in [1.82, 2.24) is 20.4 Å². The Labute approximate surface area is 162 Å². The first-order valence-corrected chi connectivity index (χ1v) is 9.89. The van der Waals surface area contributed by atoms with E-state index in [1.54, 1.807) is 0 Å². The Kier molecular flexibility index (Phi) is 6.74. The number of fused-ring (bicyclic) bond motifs is 1. The average Bonchev–Trinajstić information content (AvgIpc) is 3.00. The molecule has 0 spiro atoms. The highest BCUT2D eigenvalue weighted by atomic mass is 16.3. The summed E-state index contributed by atoms with van der Waals surface area (Å²) < 4.78 is 5.97. The van der Waals surface area contributed by atoms with Crippen LogP contribution in [0.25, 0.3) is 11.0 Å². The van der Waals surface area contributed by atoms with Gasteiger partial charge in [-0.05, 0) is 26.0 Å². The number of piperazine rings is 1. The van der Waals surface area contributed by atoms with Crippen molar-refractivity contribution < 1.29 is 4.42 Å². The van der Waals surface area contributed by atoms with Crippen LogP contribution in [0.1, 0.15) is 18.2 Å². The van der Waals surface area contributed by atoms with Crippen LogP contribution in [0.2, 0.25) is 0 Å². The predicted molar refractivity (Wildman–Crippen MR) is 112 cm³/mol. The lowest BCUT2D eigenvalue weighted by Crippen LogP contribution is -2.47. The van der Waals surface area contributed by atoms with Crippen molar-refractivity contribution in [3.63, 3.8) is 0 Å². The fourth-order valence-electron chi connectivity index (χ4n) is 3.58. The lowest BCUT2D eigenvalue weighted by Gasteiger charge is -2.34. The molecule has 2 heterocycles. The fraction of sp³-hybridized carbons (Fsp3) is 0.571. The molecule has 3 rings (SSSR count).